The summed E-state index contributed by atoms with van der Waals surface area (Å²) in [5, 5.41) is 3.38. The van der Waals surface area contributed by atoms with E-state index < -0.39 is 0 Å². The van der Waals surface area contributed by atoms with Crippen molar-refractivity contribution in [2.75, 3.05) is 12.4 Å². The highest BCUT2D eigenvalue weighted by Gasteiger charge is 2.01. The van der Waals surface area contributed by atoms with Gasteiger partial charge in [-0.3, -0.25) is 4.98 Å². The molecule has 0 aliphatic carbocycles. The summed E-state index contributed by atoms with van der Waals surface area (Å²) in [5.74, 6) is 0. The monoisotopic (exact) mass is 242 g/mol. The van der Waals surface area contributed by atoms with Crippen LogP contribution in [0.15, 0.2) is 42.7 Å². The number of aryl methyl sites for hydroxylation is 1. The van der Waals surface area contributed by atoms with Crippen LogP contribution in [0.2, 0.25) is 0 Å². The van der Waals surface area contributed by atoms with E-state index in [2.05, 4.69) is 28.5 Å². The number of nitrogens with one attached hydrogen (secondary N) is 1. The molecule has 1 aromatic carbocycles. The number of methoxy groups -OCH3 is 1. The van der Waals surface area contributed by atoms with E-state index in [1.807, 2.05) is 31.5 Å². The van der Waals surface area contributed by atoms with Gasteiger partial charge in [0.2, 0.25) is 0 Å². The molecule has 1 aromatic heterocycles. The van der Waals surface area contributed by atoms with E-state index in [0.29, 0.717) is 6.61 Å². The smallest absolute Gasteiger partial charge is 0.0716 e. The highest BCUT2D eigenvalue weighted by Crippen LogP contribution is 2.13. The molecule has 0 saturated heterocycles. The van der Waals surface area contributed by atoms with Gasteiger partial charge in [0.05, 0.1) is 12.3 Å². The highest BCUT2D eigenvalue weighted by atomic mass is 16.5. The summed E-state index contributed by atoms with van der Waals surface area (Å²) in [7, 11) is 1.72. The SMILES string of the molecule is COCc1ccccc1CNc1cncc(C)c1. The number of nitrogens with zero attached hydrogens (tertiary/aromatic N) is 1. The average molecular weight is 242 g/mol. The molecule has 0 saturated carbocycles. The second kappa shape index (κ2) is 6.17. The zero-order valence-electron chi connectivity index (χ0n) is 10.8. The third kappa shape index (κ3) is 3.31. The van der Waals surface area contributed by atoms with Gasteiger partial charge >= 0.3 is 0 Å². The Kier molecular flexibility index (Phi) is 4.31. The summed E-state index contributed by atoms with van der Waals surface area (Å²) in [4.78, 5) is 4.17. The highest BCUT2D eigenvalue weighted by molar-refractivity contribution is 5.43. The van der Waals surface area contributed by atoms with Crippen LogP contribution in [0.25, 0.3) is 0 Å². The molecule has 3 nitrogen and oxygen atoms in total. The van der Waals surface area contributed by atoms with Crippen molar-refractivity contribution >= 4 is 5.69 Å². The fourth-order valence-corrected chi connectivity index (χ4v) is 1.88. The number of benzene rings is 1. The normalized spacial score (nSPS) is 10.3. The van der Waals surface area contributed by atoms with E-state index in [1.54, 1.807) is 7.11 Å². The molecular formula is C15H18N2O. The Hall–Kier alpha value is -1.87. The molecule has 2 aromatic rings. The first-order chi connectivity index (χ1) is 8.79. The number of pyridine rings is 1. The number of aromatic nitrogens is 1. The lowest BCUT2D eigenvalue weighted by molar-refractivity contribution is 0.184. The van der Waals surface area contributed by atoms with E-state index in [9.17, 15) is 0 Å². The van der Waals surface area contributed by atoms with Crippen molar-refractivity contribution in [3.8, 4) is 0 Å². The molecule has 0 radical (unpaired) electrons. The van der Waals surface area contributed by atoms with Crippen molar-refractivity contribution < 1.29 is 4.74 Å². The molecule has 3 heteroatoms. The van der Waals surface area contributed by atoms with E-state index in [4.69, 9.17) is 4.74 Å². The Morgan fingerprint density at radius 2 is 1.94 bits per heavy atom. The predicted molar refractivity (Wildman–Crippen MR) is 73.5 cm³/mol. The summed E-state index contributed by atoms with van der Waals surface area (Å²) in [5.41, 5.74) is 4.67. The van der Waals surface area contributed by atoms with Gasteiger partial charge in [-0.2, -0.15) is 0 Å². The van der Waals surface area contributed by atoms with Crippen molar-refractivity contribution in [1.82, 2.24) is 4.98 Å². The van der Waals surface area contributed by atoms with Crippen LogP contribution in [0.3, 0.4) is 0 Å². The molecule has 0 unspecified atom stereocenters. The van der Waals surface area contributed by atoms with Crippen molar-refractivity contribution in [3.63, 3.8) is 0 Å². The van der Waals surface area contributed by atoms with Crippen LogP contribution in [-0.4, -0.2) is 12.1 Å². The number of anilines is 1. The van der Waals surface area contributed by atoms with E-state index >= 15 is 0 Å². The molecule has 1 heterocycles. The number of hydrogen-bond donors (Lipinski definition) is 1. The summed E-state index contributed by atoms with van der Waals surface area (Å²) in [6.07, 6.45) is 3.69. The van der Waals surface area contributed by atoms with Gasteiger partial charge in [0.1, 0.15) is 0 Å². The Labute approximate surface area is 108 Å². The van der Waals surface area contributed by atoms with E-state index in [0.717, 1.165) is 17.8 Å². The second-order valence-electron chi connectivity index (χ2n) is 4.31. The molecule has 0 spiro atoms. The summed E-state index contributed by atoms with van der Waals surface area (Å²) < 4.78 is 5.20. The Morgan fingerprint density at radius 1 is 1.17 bits per heavy atom. The standard InChI is InChI=1S/C15H18N2O/c1-12-7-15(10-16-8-12)17-9-13-5-3-4-6-14(13)11-18-2/h3-8,10,17H,9,11H2,1-2H3. The lowest BCUT2D eigenvalue weighted by Crippen LogP contribution is -2.04. The third-order valence-electron chi connectivity index (χ3n) is 2.78. The fraction of sp³-hybridized carbons (Fsp3) is 0.267. The third-order valence-corrected chi connectivity index (χ3v) is 2.78. The number of hydrogen-bond acceptors (Lipinski definition) is 3. The maximum Gasteiger partial charge on any atom is 0.0716 e. The average Bonchev–Trinajstić information content (AvgIpc) is 2.38. The Morgan fingerprint density at radius 3 is 2.67 bits per heavy atom. The first kappa shape index (κ1) is 12.6. The molecule has 0 fully saturated rings. The van der Waals surface area contributed by atoms with E-state index in [1.165, 1.54) is 11.1 Å². The molecular weight excluding hydrogens is 224 g/mol. The first-order valence-electron chi connectivity index (χ1n) is 6.01. The van der Waals surface area contributed by atoms with Gasteiger partial charge in [0.25, 0.3) is 0 Å². The van der Waals surface area contributed by atoms with Crippen LogP contribution in [0.5, 0.6) is 0 Å². The predicted octanol–water partition coefficient (Wildman–Crippen LogP) is 3.15. The van der Waals surface area contributed by atoms with Crippen molar-refractivity contribution in [2.45, 2.75) is 20.1 Å². The molecule has 2 rings (SSSR count). The summed E-state index contributed by atoms with van der Waals surface area (Å²) in [6.45, 7) is 3.46. The number of rotatable bonds is 5. The van der Waals surface area contributed by atoms with Gasteiger partial charge in [0, 0.05) is 26.0 Å². The van der Waals surface area contributed by atoms with Crippen LogP contribution in [0.1, 0.15) is 16.7 Å². The molecule has 0 aliphatic heterocycles. The largest absolute Gasteiger partial charge is 0.380 e. The van der Waals surface area contributed by atoms with Crippen molar-refractivity contribution in [1.29, 1.82) is 0 Å². The zero-order valence-corrected chi connectivity index (χ0v) is 10.8. The lowest BCUT2D eigenvalue weighted by atomic mass is 10.1. The number of ether oxygens (including phenoxy) is 1. The molecule has 0 bridgehead atoms. The minimum atomic E-state index is 0.643. The van der Waals surface area contributed by atoms with Crippen molar-refractivity contribution in [2.24, 2.45) is 0 Å². The Bertz CT molecular complexity index is 511. The van der Waals surface area contributed by atoms with Crippen LogP contribution in [0, 0.1) is 6.92 Å². The van der Waals surface area contributed by atoms with E-state index in [-0.39, 0.29) is 0 Å². The maximum atomic E-state index is 5.20. The summed E-state index contributed by atoms with van der Waals surface area (Å²) in [6, 6.07) is 10.4. The first-order valence-corrected chi connectivity index (χ1v) is 6.01. The Balaban J connectivity index is 2.06. The van der Waals surface area contributed by atoms with Crippen LogP contribution < -0.4 is 5.32 Å². The molecule has 0 amide bonds. The van der Waals surface area contributed by atoms with Crippen LogP contribution >= 0.6 is 0 Å². The molecule has 94 valence electrons. The molecule has 18 heavy (non-hydrogen) atoms. The van der Waals surface area contributed by atoms with Crippen molar-refractivity contribution in [3.05, 3.63) is 59.4 Å². The van der Waals surface area contributed by atoms with Crippen LogP contribution in [-0.2, 0) is 17.9 Å². The lowest BCUT2D eigenvalue weighted by Gasteiger charge is -2.11. The van der Waals surface area contributed by atoms with Gasteiger partial charge in [0.15, 0.2) is 0 Å². The molecule has 1 N–H and O–H groups in total. The van der Waals surface area contributed by atoms with Gasteiger partial charge in [-0.1, -0.05) is 24.3 Å². The topological polar surface area (TPSA) is 34.1 Å². The quantitative estimate of drug-likeness (QED) is 0.874. The van der Waals surface area contributed by atoms with Gasteiger partial charge in [-0.05, 0) is 29.7 Å². The van der Waals surface area contributed by atoms with Gasteiger partial charge in [-0.15, -0.1) is 0 Å². The van der Waals surface area contributed by atoms with Gasteiger partial charge in [-0.25, -0.2) is 0 Å². The zero-order chi connectivity index (χ0) is 12.8. The minimum absolute atomic E-state index is 0.643. The summed E-state index contributed by atoms with van der Waals surface area (Å²) >= 11 is 0. The maximum absolute atomic E-state index is 5.20. The second-order valence-corrected chi connectivity index (χ2v) is 4.31. The molecule has 0 aliphatic rings. The molecule has 0 atom stereocenters. The minimum Gasteiger partial charge on any atom is -0.380 e. The van der Waals surface area contributed by atoms with Gasteiger partial charge < -0.3 is 10.1 Å². The fourth-order valence-electron chi connectivity index (χ4n) is 1.88. The van der Waals surface area contributed by atoms with Crippen LogP contribution in [0.4, 0.5) is 5.69 Å².